The summed E-state index contributed by atoms with van der Waals surface area (Å²) in [6.07, 6.45) is 3.98. The number of nitrogens with zero attached hydrogens (tertiary/aromatic N) is 1. The Morgan fingerprint density at radius 2 is 1.94 bits per heavy atom. The molecule has 0 spiro atoms. The molecule has 2 heteroatoms. The molecular weight excluding hydrogens is 210 g/mol. The van der Waals surface area contributed by atoms with Gasteiger partial charge in [-0.1, -0.05) is 30.3 Å². The van der Waals surface area contributed by atoms with Gasteiger partial charge in [0.2, 0.25) is 0 Å². The summed E-state index contributed by atoms with van der Waals surface area (Å²) in [4.78, 5) is 4.39. The van der Waals surface area contributed by atoms with Gasteiger partial charge < -0.3 is 5.11 Å². The Hall–Kier alpha value is -1.93. The lowest BCUT2D eigenvalue weighted by Crippen LogP contribution is -1.84. The first-order chi connectivity index (χ1) is 8.28. The van der Waals surface area contributed by atoms with Gasteiger partial charge in [0.1, 0.15) is 0 Å². The third-order valence-electron chi connectivity index (χ3n) is 2.49. The predicted octanol–water partition coefficient (Wildman–Crippen LogP) is 3.05. The van der Waals surface area contributed by atoms with E-state index in [1.807, 2.05) is 61.5 Å². The van der Waals surface area contributed by atoms with Crippen molar-refractivity contribution in [3.63, 3.8) is 0 Å². The highest BCUT2D eigenvalue weighted by Gasteiger charge is 1.92. The van der Waals surface area contributed by atoms with E-state index in [1.54, 1.807) is 0 Å². The summed E-state index contributed by atoms with van der Waals surface area (Å²) in [7, 11) is 0. The number of aryl methyl sites for hydroxylation is 1. The molecule has 86 valence electrons. The SMILES string of the molecule is Cc1cccc(C=Cc2cccc(CO)c2)n1. The molecule has 1 heterocycles. The standard InChI is InChI=1S/C15H15NO/c1-12-4-2-7-15(16-12)9-8-13-5-3-6-14(10-13)11-17/h2-10,17H,11H2,1H3. The molecule has 17 heavy (non-hydrogen) atoms. The number of aliphatic hydroxyl groups is 1. The van der Waals surface area contributed by atoms with Crippen LogP contribution in [-0.2, 0) is 6.61 Å². The summed E-state index contributed by atoms with van der Waals surface area (Å²) in [6, 6.07) is 13.8. The van der Waals surface area contributed by atoms with Crippen LogP contribution in [0.2, 0.25) is 0 Å². The van der Waals surface area contributed by atoms with E-state index in [1.165, 1.54) is 0 Å². The minimum atomic E-state index is 0.0738. The fourth-order valence-electron chi connectivity index (χ4n) is 1.63. The van der Waals surface area contributed by atoms with Gasteiger partial charge >= 0.3 is 0 Å². The van der Waals surface area contributed by atoms with Crippen LogP contribution in [0.1, 0.15) is 22.5 Å². The highest BCUT2D eigenvalue weighted by atomic mass is 16.3. The fourth-order valence-corrected chi connectivity index (χ4v) is 1.63. The van der Waals surface area contributed by atoms with Crippen LogP contribution in [0, 0.1) is 6.92 Å². The minimum absolute atomic E-state index is 0.0738. The van der Waals surface area contributed by atoms with Crippen LogP contribution >= 0.6 is 0 Å². The van der Waals surface area contributed by atoms with Crippen molar-refractivity contribution in [3.05, 3.63) is 65.0 Å². The monoisotopic (exact) mass is 225 g/mol. The number of hydrogen-bond donors (Lipinski definition) is 1. The van der Waals surface area contributed by atoms with Crippen molar-refractivity contribution in [3.8, 4) is 0 Å². The molecule has 0 amide bonds. The van der Waals surface area contributed by atoms with Gasteiger partial charge in [-0.25, -0.2) is 0 Å². The van der Waals surface area contributed by atoms with E-state index in [4.69, 9.17) is 5.11 Å². The van der Waals surface area contributed by atoms with Crippen molar-refractivity contribution in [2.75, 3.05) is 0 Å². The van der Waals surface area contributed by atoms with Crippen LogP contribution in [0.15, 0.2) is 42.5 Å². The van der Waals surface area contributed by atoms with Crippen LogP contribution in [0.4, 0.5) is 0 Å². The Labute approximate surface area is 101 Å². The molecule has 0 bridgehead atoms. The first kappa shape index (κ1) is 11.6. The van der Waals surface area contributed by atoms with Gasteiger partial charge in [0.25, 0.3) is 0 Å². The summed E-state index contributed by atoms with van der Waals surface area (Å²) >= 11 is 0. The Kier molecular flexibility index (Phi) is 3.68. The number of aliphatic hydroxyl groups excluding tert-OH is 1. The van der Waals surface area contributed by atoms with Crippen LogP contribution in [0.3, 0.4) is 0 Å². The Balaban J connectivity index is 2.19. The average Bonchev–Trinajstić information content (AvgIpc) is 2.37. The third-order valence-corrected chi connectivity index (χ3v) is 2.49. The van der Waals surface area contributed by atoms with E-state index >= 15 is 0 Å². The molecule has 0 saturated heterocycles. The van der Waals surface area contributed by atoms with Gasteiger partial charge in [-0.15, -0.1) is 0 Å². The number of aromatic nitrogens is 1. The summed E-state index contributed by atoms with van der Waals surface area (Å²) in [5, 5.41) is 9.05. The molecule has 0 aliphatic rings. The summed E-state index contributed by atoms with van der Waals surface area (Å²) in [6.45, 7) is 2.05. The van der Waals surface area contributed by atoms with Crippen molar-refractivity contribution in [2.24, 2.45) is 0 Å². The van der Waals surface area contributed by atoms with Crippen molar-refractivity contribution < 1.29 is 5.11 Å². The highest BCUT2D eigenvalue weighted by Crippen LogP contribution is 2.09. The zero-order chi connectivity index (χ0) is 12.1. The molecule has 2 nitrogen and oxygen atoms in total. The van der Waals surface area contributed by atoms with E-state index < -0.39 is 0 Å². The summed E-state index contributed by atoms with van der Waals surface area (Å²) < 4.78 is 0. The Morgan fingerprint density at radius 3 is 2.71 bits per heavy atom. The molecule has 0 fully saturated rings. The first-order valence-electron chi connectivity index (χ1n) is 5.59. The molecule has 0 atom stereocenters. The lowest BCUT2D eigenvalue weighted by Gasteiger charge is -1.98. The van der Waals surface area contributed by atoms with E-state index in [2.05, 4.69) is 4.98 Å². The van der Waals surface area contributed by atoms with Gasteiger partial charge in [-0.3, -0.25) is 4.98 Å². The molecule has 0 unspecified atom stereocenters. The largest absolute Gasteiger partial charge is 0.392 e. The minimum Gasteiger partial charge on any atom is -0.392 e. The zero-order valence-electron chi connectivity index (χ0n) is 9.80. The van der Waals surface area contributed by atoms with Gasteiger partial charge in [0.05, 0.1) is 12.3 Å². The topological polar surface area (TPSA) is 33.1 Å². The molecule has 2 aromatic rings. The van der Waals surface area contributed by atoms with E-state index in [0.29, 0.717) is 0 Å². The Bertz CT molecular complexity index is 532. The maximum atomic E-state index is 9.05. The van der Waals surface area contributed by atoms with Crippen LogP contribution in [-0.4, -0.2) is 10.1 Å². The molecule has 1 N–H and O–H groups in total. The quantitative estimate of drug-likeness (QED) is 0.870. The van der Waals surface area contributed by atoms with E-state index in [9.17, 15) is 0 Å². The smallest absolute Gasteiger partial charge is 0.0682 e. The number of benzene rings is 1. The van der Waals surface area contributed by atoms with Crippen LogP contribution in [0.5, 0.6) is 0 Å². The van der Waals surface area contributed by atoms with Gasteiger partial charge in [0.15, 0.2) is 0 Å². The lowest BCUT2D eigenvalue weighted by molar-refractivity contribution is 0.282. The molecule has 2 rings (SSSR count). The predicted molar refractivity (Wildman–Crippen MR) is 70.3 cm³/mol. The maximum Gasteiger partial charge on any atom is 0.0682 e. The van der Waals surface area contributed by atoms with E-state index in [-0.39, 0.29) is 6.61 Å². The molecule has 0 aliphatic heterocycles. The first-order valence-corrected chi connectivity index (χ1v) is 5.59. The molecule has 0 saturated carbocycles. The number of rotatable bonds is 3. The Morgan fingerprint density at radius 1 is 1.12 bits per heavy atom. The van der Waals surface area contributed by atoms with Crippen molar-refractivity contribution in [1.29, 1.82) is 0 Å². The van der Waals surface area contributed by atoms with Crippen LogP contribution < -0.4 is 0 Å². The molecule has 0 aliphatic carbocycles. The third kappa shape index (κ3) is 3.26. The second-order valence-corrected chi connectivity index (χ2v) is 3.94. The highest BCUT2D eigenvalue weighted by molar-refractivity contribution is 5.68. The molecule has 1 aromatic heterocycles. The second kappa shape index (κ2) is 5.41. The van der Waals surface area contributed by atoms with Crippen molar-refractivity contribution in [2.45, 2.75) is 13.5 Å². The number of pyridine rings is 1. The van der Waals surface area contributed by atoms with Crippen molar-refractivity contribution in [1.82, 2.24) is 4.98 Å². The molecular formula is C15H15NO. The molecule has 0 radical (unpaired) electrons. The average molecular weight is 225 g/mol. The normalized spacial score (nSPS) is 10.9. The van der Waals surface area contributed by atoms with Crippen molar-refractivity contribution >= 4 is 12.2 Å². The maximum absolute atomic E-state index is 9.05. The van der Waals surface area contributed by atoms with Gasteiger partial charge in [-0.2, -0.15) is 0 Å². The van der Waals surface area contributed by atoms with Gasteiger partial charge in [0, 0.05) is 5.69 Å². The second-order valence-electron chi connectivity index (χ2n) is 3.94. The summed E-state index contributed by atoms with van der Waals surface area (Å²) in [5.74, 6) is 0. The number of hydrogen-bond acceptors (Lipinski definition) is 2. The fraction of sp³-hybridized carbons (Fsp3) is 0.133. The summed E-state index contributed by atoms with van der Waals surface area (Å²) in [5.41, 5.74) is 3.94. The zero-order valence-corrected chi connectivity index (χ0v) is 9.80. The molecule has 1 aromatic carbocycles. The van der Waals surface area contributed by atoms with Crippen LogP contribution in [0.25, 0.3) is 12.2 Å². The van der Waals surface area contributed by atoms with Gasteiger partial charge in [-0.05, 0) is 42.3 Å². The lowest BCUT2D eigenvalue weighted by atomic mass is 10.1. The van der Waals surface area contributed by atoms with E-state index in [0.717, 1.165) is 22.5 Å².